The molecule has 0 radical (unpaired) electrons. The molecule has 26 heavy (non-hydrogen) atoms. The van der Waals surface area contributed by atoms with Crippen molar-refractivity contribution in [1.29, 1.82) is 0 Å². The van der Waals surface area contributed by atoms with E-state index in [4.69, 9.17) is 0 Å². The third-order valence-electron chi connectivity index (χ3n) is 5.22. The maximum atomic E-state index is 13.8. The van der Waals surface area contributed by atoms with E-state index in [1.54, 1.807) is 0 Å². The Labute approximate surface area is 151 Å². The molecule has 2 aromatic carbocycles. The van der Waals surface area contributed by atoms with E-state index in [9.17, 15) is 13.6 Å². The molecule has 2 aromatic rings. The first-order chi connectivity index (χ1) is 12.6. The topological polar surface area (TPSA) is 44.4 Å². The summed E-state index contributed by atoms with van der Waals surface area (Å²) in [6, 6.07) is 9.76. The number of anilines is 1. The van der Waals surface area contributed by atoms with Crippen LogP contribution < -0.4 is 10.6 Å². The minimum Gasteiger partial charge on any atom is -0.317 e. The van der Waals surface area contributed by atoms with Crippen molar-refractivity contribution in [2.45, 2.75) is 31.8 Å². The molecule has 0 aromatic heterocycles. The second-order valence-corrected chi connectivity index (χ2v) is 6.96. The van der Waals surface area contributed by atoms with Gasteiger partial charge in [0.05, 0.1) is 6.54 Å². The number of nitrogens with zero attached hydrogens (tertiary/aromatic N) is 1. The van der Waals surface area contributed by atoms with E-state index < -0.39 is 11.6 Å². The predicted molar refractivity (Wildman–Crippen MR) is 95.9 cm³/mol. The SMILES string of the molecule is O=C(Nc1ccc(C2CCNCC2)cc1)N1Cc2cc(F)cc(F)c2C1. The number of carbonyl (C=O) groups excluding carboxylic acids is 1. The molecule has 0 bridgehead atoms. The van der Waals surface area contributed by atoms with Gasteiger partial charge in [-0.25, -0.2) is 13.6 Å². The number of benzene rings is 2. The van der Waals surface area contributed by atoms with Gasteiger partial charge in [-0.2, -0.15) is 0 Å². The van der Waals surface area contributed by atoms with Crippen LogP contribution >= 0.6 is 0 Å². The molecule has 6 heteroatoms. The average Bonchev–Trinajstić information content (AvgIpc) is 3.08. The van der Waals surface area contributed by atoms with Crippen LogP contribution in [0.15, 0.2) is 36.4 Å². The van der Waals surface area contributed by atoms with Crippen molar-refractivity contribution < 1.29 is 13.6 Å². The van der Waals surface area contributed by atoms with Gasteiger partial charge in [0.25, 0.3) is 0 Å². The van der Waals surface area contributed by atoms with Crippen LogP contribution in [0.2, 0.25) is 0 Å². The van der Waals surface area contributed by atoms with Crippen LogP contribution in [0.3, 0.4) is 0 Å². The molecule has 4 nitrogen and oxygen atoms in total. The monoisotopic (exact) mass is 357 g/mol. The standard InChI is InChI=1S/C20H21F2N3O/c21-16-9-15-11-25(12-18(15)19(22)10-16)20(26)24-17-3-1-13(2-4-17)14-5-7-23-8-6-14/h1-4,9-10,14,23H,5-8,11-12H2,(H,24,26). The summed E-state index contributed by atoms with van der Waals surface area (Å²) in [5.74, 6) is -0.648. The van der Waals surface area contributed by atoms with E-state index in [0.717, 1.165) is 32.0 Å². The quantitative estimate of drug-likeness (QED) is 0.854. The van der Waals surface area contributed by atoms with Gasteiger partial charge in [0.2, 0.25) is 0 Å². The summed E-state index contributed by atoms with van der Waals surface area (Å²) in [6.45, 7) is 2.44. The maximum Gasteiger partial charge on any atom is 0.322 e. The molecule has 2 aliphatic rings. The Hall–Kier alpha value is -2.47. The van der Waals surface area contributed by atoms with Crippen LogP contribution in [0.1, 0.15) is 35.4 Å². The molecule has 2 aliphatic heterocycles. The first-order valence-corrected chi connectivity index (χ1v) is 8.93. The molecule has 0 saturated carbocycles. The van der Waals surface area contributed by atoms with Gasteiger partial charge in [-0.1, -0.05) is 12.1 Å². The Morgan fingerprint density at radius 1 is 1.08 bits per heavy atom. The van der Waals surface area contributed by atoms with Gasteiger partial charge in [0, 0.05) is 23.9 Å². The van der Waals surface area contributed by atoms with Gasteiger partial charge in [-0.05, 0) is 61.2 Å². The van der Waals surface area contributed by atoms with Crippen LogP contribution in [0.4, 0.5) is 19.3 Å². The summed E-state index contributed by atoms with van der Waals surface area (Å²) in [5.41, 5.74) is 2.91. The number of hydrogen-bond donors (Lipinski definition) is 2. The first-order valence-electron chi connectivity index (χ1n) is 8.93. The fourth-order valence-electron chi connectivity index (χ4n) is 3.77. The van der Waals surface area contributed by atoms with E-state index in [-0.39, 0.29) is 19.1 Å². The highest BCUT2D eigenvalue weighted by Gasteiger charge is 2.26. The Morgan fingerprint density at radius 2 is 1.81 bits per heavy atom. The Morgan fingerprint density at radius 3 is 2.54 bits per heavy atom. The summed E-state index contributed by atoms with van der Waals surface area (Å²) >= 11 is 0. The normalized spacial score (nSPS) is 17.2. The van der Waals surface area contributed by atoms with Gasteiger partial charge >= 0.3 is 6.03 Å². The number of hydrogen-bond acceptors (Lipinski definition) is 2. The summed E-state index contributed by atoms with van der Waals surface area (Å²) in [7, 11) is 0. The zero-order valence-electron chi connectivity index (χ0n) is 14.4. The number of amides is 2. The number of fused-ring (bicyclic) bond motifs is 1. The highest BCUT2D eigenvalue weighted by molar-refractivity contribution is 5.89. The summed E-state index contributed by atoms with van der Waals surface area (Å²) in [6.07, 6.45) is 2.25. The summed E-state index contributed by atoms with van der Waals surface area (Å²) in [5, 5.41) is 6.20. The van der Waals surface area contributed by atoms with Gasteiger partial charge in [-0.15, -0.1) is 0 Å². The lowest BCUT2D eigenvalue weighted by Gasteiger charge is -2.23. The van der Waals surface area contributed by atoms with Crippen molar-refractivity contribution in [2.24, 2.45) is 0 Å². The molecule has 0 unspecified atom stereocenters. The Balaban J connectivity index is 1.40. The molecule has 0 atom stereocenters. The van der Waals surface area contributed by atoms with Crippen molar-refractivity contribution >= 4 is 11.7 Å². The summed E-state index contributed by atoms with van der Waals surface area (Å²) in [4.78, 5) is 13.9. The maximum absolute atomic E-state index is 13.8. The van der Waals surface area contributed by atoms with Gasteiger partial charge in [0.1, 0.15) is 11.6 Å². The largest absolute Gasteiger partial charge is 0.322 e. The van der Waals surface area contributed by atoms with Gasteiger partial charge in [0.15, 0.2) is 0 Å². The van der Waals surface area contributed by atoms with E-state index in [0.29, 0.717) is 22.7 Å². The average molecular weight is 357 g/mol. The van der Waals surface area contributed by atoms with Gasteiger partial charge in [-0.3, -0.25) is 0 Å². The highest BCUT2D eigenvalue weighted by atomic mass is 19.1. The number of nitrogens with one attached hydrogen (secondary N) is 2. The van der Waals surface area contributed by atoms with E-state index >= 15 is 0 Å². The van der Waals surface area contributed by atoms with E-state index in [1.165, 1.54) is 16.5 Å². The van der Waals surface area contributed by atoms with Crippen molar-refractivity contribution in [3.05, 3.63) is 64.7 Å². The second-order valence-electron chi connectivity index (χ2n) is 6.96. The Kier molecular flexibility index (Phi) is 4.59. The lowest BCUT2D eigenvalue weighted by molar-refractivity contribution is 0.212. The van der Waals surface area contributed by atoms with Crippen LogP contribution in [0.25, 0.3) is 0 Å². The van der Waals surface area contributed by atoms with E-state index in [1.807, 2.05) is 12.1 Å². The zero-order valence-corrected chi connectivity index (χ0v) is 14.4. The van der Waals surface area contributed by atoms with Crippen molar-refractivity contribution in [1.82, 2.24) is 10.2 Å². The molecule has 136 valence electrons. The second kappa shape index (κ2) is 7.03. The lowest BCUT2D eigenvalue weighted by atomic mass is 9.90. The molecule has 0 aliphatic carbocycles. The minimum absolute atomic E-state index is 0.153. The minimum atomic E-state index is -0.614. The molecule has 0 spiro atoms. The smallest absolute Gasteiger partial charge is 0.317 e. The predicted octanol–water partition coefficient (Wildman–Crippen LogP) is 3.98. The van der Waals surface area contributed by atoms with Crippen molar-refractivity contribution in [2.75, 3.05) is 18.4 Å². The molecule has 4 rings (SSSR count). The third kappa shape index (κ3) is 3.42. The van der Waals surface area contributed by atoms with Crippen LogP contribution in [-0.4, -0.2) is 24.0 Å². The molecule has 1 fully saturated rings. The Bertz CT molecular complexity index is 817. The number of urea groups is 1. The number of rotatable bonds is 2. The van der Waals surface area contributed by atoms with Crippen molar-refractivity contribution in [3.63, 3.8) is 0 Å². The molecule has 2 amide bonds. The first kappa shape index (κ1) is 17.0. The molecule has 2 heterocycles. The molecular weight excluding hydrogens is 336 g/mol. The lowest BCUT2D eigenvalue weighted by Crippen LogP contribution is -2.30. The number of piperidine rings is 1. The van der Waals surface area contributed by atoms with Crippen LogP contribution in [-0.2, 0) is 13.1 Å². The highest BCUT2D eigenvalue weighted by Crippen LogP contribution is 2.28. The van der Waals surface area contributed by atoms with E-state index in [2.05, 4.69) is 22.8 Å². The number of halogens is 2. The fraction of sp³-hybridized carbons (Fsp3) is 0.350. The summed E-state index contributed by atoms with van der Waals surface area (Å²) < 4.78 is 27.2. The fourth-order valence-corrected chi connectivity index (χ4v) is 3.77. The van der Waals surface area contributed by atoms with Crippen molar-refractivity contribution in [3.8, 4) is 0 Å². The zero-order chi connectivity index (χ0) is 18.1. The van der Waals surface area contributed by atoms with Gasteiger partial charge < -0.3 is 15.5 Å². The third-order valence-corrected chi connectivity index (χ3v) is 5.22. The van der Waals surface area contributed by atoms with Crippen LogP contribution in [0.5, 0.6) is 0 Å². The van der Waals surface area contributed by atoms with Crippen LogP contribution in [0, 0.1) is 11.6 Å². The molecule has 2 N–H and O–H groups in total. The molecule has 1 saturated heterocycles. The number of carbonyl (C=O) groups is 1. The molecular formula is C20H21F2N3O.